The molecule has 2 N–H and O–H groups in total. The molecule has 20 heavy (non-hydrogen) atoms. The predicted molar refractivity (Wildman–Crippen MR) is 61.8 cm³/mol. The molecule has 1 aromatic carbocycles. The van der Waals surface area contributed by atoms with Gasteiger partial charge in [-0.1, -0.05) is 6.07 Å². The largest absolute Gasteiger partial charge is 0.467 e. The lowest BCUT2D eigenvalue weighted by atomic mass is 10.1. The Hall–Kier alpha value is -2.09. The Labute approximate surface area is 112 Å². The summed E-state index contributed by atoms with van der Waals surface area (Å²) >= 11 is 0. The van der Waals surface area contributed by atoms with Gasteiger partial charge in [0.25, 0.3) is 5.91 Å². The van der Waals surface area contributed by atoms with E-state index in [1.54, 1.807) is 0 Å². The number of benzene rings is 1. The van der Waals surface area contributed by atoms with Crippen molar-refractivity contribution in [3.8, 4) is 0 Å². The molecule has 1 atom stereocenters. The summed E-state index contributed by atoms with van der Waals surface area (Å²) in [5.74, 6) is -1.81. The van der Waals surface area contributed by atoms with Gasteiger partial charge in [0.05, 0.1) is 19.3 Å². The minimum Gasteiger partial charge on any atom is -0.467 e. The van der Waals surface area contributed by atoms with Crippen molar-refractivity contribution in [2.24, 2.45) is 0 Å². The number of aliphatic hydroxyl groups is 1. The molecular weight excluding hydrogens is 279 g/mol. The molecule has 5 nitrogen and oxygen atoms in total. The summed E-state index contributed by atoms with van der Waals surface area (Å²) in [6, 6.07) is 2.38. The molecular formula is C12H12F3NO4. The molecule has 0 bridgehead atoms. The Morgan fingerprint density at radius 3 is 2.55 bits per heavy atom. The number of nitrogens with one attached hydrogen (secondary N) is 1. The van der Waals surface area contributed by atoms with Crippen LogP contribution in [0.2, 0.25) is 0 Å². The molecule has 8 heteroatoms. The quantitative estimate of drug-likeness (QED) is 0.811. The molecule has 0 heterocycles. The van der Waals surface area contributed by atoms with Crippen LogP contribution in [0.3, 0.4) is 0 Å². The lowest BCUT2D eigenvalue weighted by Gasteiger charge is -2.14. The van der Waals surface area contributed by atoms with Gasteiger partial charge in [0.2, 0.25) is 0 Å². The van der Waals surface area contributed by atoms with E-state index in [1.807, 2.05) is 0 Å². The fourth-order valence-electron chi connectivity index (χ4n) is 1.40. The maximum Gasteiger partial charge on any atom is 0.416 e. The lowest BCUT2D eigenvalue weighted by Crippen LogP contribution is -2.44. The highest BCUT2D eigenvalue weighted by Crippen LogP contribution is 2.29. The van der Waals surface area contributed by atoms with Gasteiger partial charge < -0.3 is 15.2 Å². The number of aliphatic hydroxyl groups excluding tert-OH is 1. The fourth-order valence-corrected chi connectivity index (χ4v) is 1.40. The molecule has 110 valence electrons. The Morgan fingerprint density at radius 2 is 2.05 bits per heavy atom. The van der Waals surface area contributed by atoms with Crippen LogP contribution in [-0.4, -0.2) is 36.7 Å². The normalized spacial score (nSPS) is 12.7. The van der Waals surface area contributed by atoms with Crippen LogP contribution in [0.25, 0.3) is 0 Å². The van der Waals surface area contributed by atoms with Gasteiger partial charge in [-0.2, -0.15) is 13.2 Å². The van der Waals surface area contributed by atoms with Gasteiger partial charge in [-0.05, 0) is 18.2 Å². The molecule has 0 saturated carbocycles. The van der Waals surface area contributed by atoms with E-state index in [0.717, 1.165) is 25.3 Å². The third-order valence-corrected chi connectivity index (χ3v) is 2.43. The standard InChI is InChI=1S/C12H12F3NO4/c1-20-11(19)9(6-17)16-10(18)7-3-2-4-8(5-7)12(13,14)15/h2-5,9,17H,6H2,1H3,(H,16,18)/t9-/m0/s1. The van der Waals surface area contributed by atoms with Gasteiger partial charge in [0.1, 0.15) is 0 Å². The zero-order chi connectivity index (χ0) is 15.3. The van der Waals surface area contributed by atoms with Gasteiger partial charge in [0, 0.05) is 5.56 Å². The number of methoxy groups -OCH3 is 1. The first kappa shape index (κ1) is 16.0. The van der Waals surface area contributed by atoms with Crippen molar-refractivity contribution in [3.05, 3.63) is 35.4 Å². The molecule has 1 aromatic rings. The second-order valence-corrected chi connectivity index (χ2v) is 3.81. The zero-order valence-electron chi connectivity index (χ0n) is 10.4. The minimum absolute atomic E-state index is 0.276. The third kappa shape index (κ3) is 3.95. The van der Waals surface area contributed by atoms with Crippen molar-refractivity contribution in [2.75, 3.05) is 13.7 Å². The van der Waals surface area contributed by atoms with Gasteiger partial charge in [-0.15, -0.1) is 0 Å². The minimum atomic E-state index is -4.57. The molecule has 0 aliphatic rings. The van der Waals surface area contributed by atoms with Crippen LogP contribution in [0.4, 0.5) is 13.2 Å². The smallest absolute Gasteiger partial charge is 0.416 e. The summed E-state index contributed by atoms with van der Waals surface area (Å²) in [7, 11) is 1.06. The van der Waals surface area contributed by atoms with Crippen LogP contribution in [-0.2, 0) is 15.7 Å². The summed E-state index contributed by atoms with van der Waals surface area (Å²) in [5, 5.41) is 11.0. The van der Waals surface area contributed by atoms with Crippen LogP contribution >= 0.6 is 0 Å². The number of ether oxygens (including phenoxy) is 1. The zero-order valence-corrected chi connectivity index (χ0v) is 10.4. The van der Waals surface area contributed by atoms with E-state index in [-0.39, 0.29) is 5.56 Å². The third-order valence-electron chi connectivity index (χ3n) is 2.43. The van der Waals surface area contributed by atoms with E-state index in [1.165, 1.54) is 0 Å². The highest BCUT2D eigenvalue weighted by Gasteiger charge is 2.31. The number of rotatable bonds is 4. The van der Waals surface area contributed by atoms with E-state index in [2.05, 4.69) is 10.1 Å². The van der Waals surface area contributed by atoms with Crippen LogP contribution in [0.15, 0.2) is 24.3 Å². The summed E-state index contributed by atoms with van der Waals surface area (Å²) in [6.45, 7) is -0.725. The number of carbonyl (C=O) groups excluding carboxylic acids is 2. The Bertz CT molecular complexity index is 502. The number of hydrogen-bond acceptors (Lipinski definition) is 4. The van der Waals surface area contributed by atoms with E-state index in [9.17, 15) is 22.8 Å². The highest BCUT2D eigenvalue weighted by atomic mass is 19.4. The molecule has 0 unspecified atom stereocenters. The predicted octanol–water partition coefficient (Wildman–Crippen LogP) is 0.969. The molecule has 0 spiro atoms. The van der Waals surface area contributed by atoms with E-state index in [0.29, 0.717) is 6.07 Å². The number of alkyl halides is 3. The average Bonchev–Trinajstić information content (AvgIpc) is 2.42. The SMILES string of the molecule is COC(=O)[C@H](CO)NC(=O)c1cccc(C(F)(F)F)c1. The number of amides is 1. The highest BCUT2D eigenvalue weighted by molar-refractivity contribution is 5.96. The van der Waals surface area contributed by atoms with Gasteiger partial charge in [-0.25, -0.2) is 4.79 Å². The molecule has 0 aromatic heterocycles. The van der Waals surface area contributed by atoms with E-state index >= 15 is 0 Å². The van der Waals surface area contributed by atoms with Crippen LogP contribution in [0.5, 0.6) is 0 Å². The first-order chi connectivity index (χ1) is 9.29. The van der Waals surface area contributed by atoms with Crippen molar-refractivity contribution in [3.63, 3.8) is 0 Å². The van der Waals surface area contributed by atoms with Crippen molar-refractivity contribution >= 4 is 11.9 Å². The number of esters is 1. The molecule has 1 amide bonds. The van der Waals surface area contributed by atoms with E-state index in [4.69, 9.17) is 5.11 Å². The summed E-state index contributed by atoms with van der Waals surface area (Å²) < 4.78 is 41.8. The number of carbonyl (C=O) groups is 2. The molecule has 0 saturated heterocycles. The first-order valence-electron chi connectivity index (χ1n) is 5.46. The Kier molecular flexibility index (Phi) is 5.09. The summed E-state index contributed by atoms with van der Waals surface area (Å²) in [4.78, 5) is 22.9. The summed E-state index contributed by atoms with van der Waals surface area (Å²) in [5.41, 5.74) is -1.26. The first-order valence-corrected chi connectivity index (χ1v) is 5.46. The molecule has 0 aliphatic carbocycles. The number of hydrogen-bond donors (Lipinski definition) is 2. The second-order valence-electron chi connectivity index (χ2n) is 3.81. The fraction of sp³-hybridized carbons (Fsp3) is 0.333. The average molecular weight is 291 g/mol. The monoisotopic (exact) mass is 291 g/mol. The molecule has 0 aliphatic heterocycles. The maximum atomic E-state index is 12.5. The van der Waals surface area contributed by atoms with Crippen LogP contribution in [0.1, 0.15) is 15.9 Å². The van der Waals surface area contributed by atoms with Crippen LogP contribution < -0.4 is 5.32 Å². The van der Waals surface area contributed by atoms with Crippen LogP contribution in [0, 0.1) is 0 Å². The molecule has 1 rings (SSSR count). The van der Waals surface area contributed by atoms with E-state index < -0.39 is 36.3 Å². The maximum absolute atomic E-state index is 12.5. The second kappa shape index (κ2) is 6.38. The van der Waals surface area contributed by atoms with Gasteiger partial charge >= 0.3 is 12.1 Å². The van der Waals surface area contributed by atoms with Gasteiger partial charge in [0.15, 0.2) is 6.04 Å². The van der Waals surface area contributed by atoms with Crippen molar-refractivity contribution < 1.29 is 32.6 Å². The lowest BCUT2D eigenvalue weighted by molar-refractivity contribution is -0.144. The molecule has 0 radical (unpaired) electrons. The number of halogens is 3. The molecule has 0 fully saturated rings. The van der Waals surface area contributed by atoms with Crippen molar-refractivity contribution in [1.82, 2.24) is 5.32 Å². The van der Waals surface area contributed by atoms with Gasteiger partial charge in [-0.3, -0.25) is 4.79 Å². The van der Waals surface area contributed by atoms with Crippen molar-refractivity contribution in [1.29, 1.82) is 0 Å². The topological polar surface area (TPSA) is 75.6 Å². The summed E-state index contributed by atoms with van der Waals surface area (Å²) in [6.07, 6.45) is -4.57. The Morgan fingerprint density at radius 1 is 1.40 bits per heavy atom. The van der Waals surface area contributed by atoms with Crippen molar-refractivity contribution in [2.45, 2.75) is 12.2 Å². The Balaban J connectivity index is 2.90.